The van der Waals surface area contributed by atoms with E-state index in [2.05, 4.69) is 10.4 Å². The number of nitrogens with one attached hydrogen (secondary N) is 1. The lowest BCUT2D eigenvalue weighted by atomic mass is 10.1. The fourth-order valence-electron chi connectivity index (χ4n) is 1.75. The maximum atomic E-state index is 13.5. The van der Waals surface area contributed by atoms with Crippen molar-refractivity contribution in [3.63, 3.8) is 0 Å². The van der Waals surface area contributed by atoms with Gasteiger partial charge in [0.2, 0.25) is 0 Å². The second kappa shape index (κ2) is 7.59. The number of aromatic nitrogens is 1. The van der Waals surface area contributed by atoms with Crippen LogP contribution in [-0.2, 0) is 6.42 Å². The molecule has 1 aromatic heterocycles. The first-order valence-corrected chi connectivity index (χ1v) is 7.49. The predicted molar refractivity (Wildman–Crippen MR) is 81.2 cm³/mol. The Hall–Kier alpha value is -1.14. The molecule has 1 atom stereocenters. The van der Waals surface area contributed by atoms with Crippen LogP contribution in [0.25, 0.3) is 0 Å². The van der Waals surface area contributed by atoms with Crippen LogP contribution in [0, 0.1) is 5.82 Å². The van der Waals surface area contributed by atoms with Crippen molar-refractivity contribution in [2.75, 3.05) is 5.75 Å². The molecule has 0 fully saturated rings. The van der Waals surface area contributed by atoms with E-state index in [9.17, 15) is 4.39 Å². The zero-order valence-electron chi connectivity index (χ0n) is 10.7. The summed E-state index contributed by atoms with van der Waals surface area (Å²) in [6, 6.07) is 8.56. The monoisotopic (exact) mass is 311 g/mol. The van der Waals surface area contributed by atoms with Crippen LogP contribution in [0.3, 0.4) is 0 Å². The minimum atomic E-state index is -0.213. The van der Waals surface area contributed by atoms with Gasteiger partial charge >= 0.3 is 0 Å². The van der Waals surface area contributed by atoms with Gasteiger partial charge in [0.05, 0.1) is 5.02 Å². The zero-order chi connectivity index (χ0) is 14.4. The van der Waals surface area contributed by atoms with E-state index in [0.717, 1.165) is 5.56 Å². The highest BCUT2D eigenvalue weighted by Crippen LogP contribution is 2.23. The fourth-order valence-corrected chi connectivity index (χ4v) is 2.93. The standard InChI is InChI=1S/C14H15ClFN3S/c15-12-8-18-6-5-10(12)7-11(19-17)9-20-14-4-2-1-3-13(14)16/h1-6,8,11,19H,7,9,17H2. The number of pyridine rings is 1. The van der Waals surface area contributed by atoms with Crippen LogP contribution in [0.15, 0.2) is 47.6 Å². The van der Waals surface area contributed by atoms with Crippen molar-refractivity contribution in [2.45, 2.75) is 17.4 Å². The van der Waals surface area contributed by atoms with Gasteiger partial charge in [0.1, 0.15) is 5.82 Å². The third kappa shape index (κ3) is 4.18. The highest BCUT2D eigenvalue weighted by atomic mass is 35.5. The van der Waals surface area contributed by atoms with Crippen LogP contribution < -0.4 is 11.3 Å². The summed E-state index contributed by atoms with van der Waals surface area (Å²) in [5.41, 5.74) is 3.72. The van der Waals surface area contributed by atoms with Crippen molar-refractivity contribution in [3.8, 4) is 0 Å². The Morgan fingerprint density at radius 1 is 1.35 bits per heavy atom. The Kier molecular flexibility index (Phi) is 5.79. The Morgan fingerprint density at radius 3 is 2.85 bits per heavy atom. The molecular formula is C14H15ClFN3S. The van der Waals surface area contributed by atoms with Crippen molar-refractivity contribution in [1.82, 2.24) is 10.4 Å². The van der Waals surface area contributed by atoms with Gasteiger partial charge in [-0.15, -0.1) is 11.8 Å². The van der Waals surface area contributed by atoms with Gasteiger partial charge in [-0.3, -0.25) is 16.3 Å². The van der Waals surface area contributed by atoms with Crippen molar-refractivity contribution in [1.29, 1.82) is 0 Å². The molecular weight excluding hydrogens is 297 g/mol. The Labute approximate surface area is 126 Å². The molecule has 0 aliphatic heterocycles. The van der Waals surface area contributed by atoms with Crippen molar-refractivity contribution in [3.05, 3.63) is 59.1 Å². The van der Waals surface area contributed by atoms with E-state index < -0.39 is 0 Å². The maximum Gasteiger partial charge on any atom is 0.136 e. The van der Waals surface area contributed by atoms with E-state index in [-0.39, 0.29) is 11.9 Å². The molecule has 0 spiro atoms. The molecule has 0 bridgehead atoms. The lowest BCUT2D eigenvalue weighted by molar-refractivity contribution is 0.573. The molecule has 1 heterocycles. The summed E-state index contributed by atoms with van der Waals surface area (Å²) in [5.74, 6) is 5.99. The van der Waals surface area contributed by atoms with Gasteiger partial charge in [0, 0.05) is 29.1 Å². The van der Waals surface area contributed by atoms with Crippen LogP contribution in [0.4, 0.5) is 4.39 Å². The van der Waals surface area contributed by atoms with Crippen LogP contribution in [0.2, 0.25) is 5.02 Å². The van der Waals surface area contributed by atoms with Crippen LogP contribution >= 0.6 is 23.4 Å². The van der Waals surface area contributed by atoms with Gasteiger partial charge in [0.15, 0.2) is 0 Å². The number of benzene rings is 1. The van der Waals surface area contributed by atoms with Crippen LogP contribution in [0.5, 0.6) is 0 Å². The quantitative estimate of drug-likeness (QED) is 0.489. The molecule has 2 aromatic rings. The van der Waals surface area contributed by atoms with Gasteiger partial charge in [-0.2, -0.15) is 0 Å². The van der Waals surface area contributed by atoms with Gasteiger partial charge in [-0.05, 0) is 30.2 Å². The minimum absolute atomic E-state index is 0.000457. The normalized spacial score (nSPS) is 12.3. The third-order valence-electron chi connectivity index (χ3n) is 2.84. The van der Waals surface area contributed by atoms with E-state index in [0.29, 0.717) is 22.1 Å². The van der Waals surface area contributed by atoms with Crippen molar-refractivity contribution < 1.29 is 4.39 Å². The first kappa shape index (κ1) is 15.3. The summed E-state index contributed by atoms with van der Waals surface area (Å²) in [5, 5.41) is 0.614. The summed E-state index contributed by atoms with van der Waals surface area (Å²) in [6.07, 6.45) is 3.96. The summed E-state index contributed by atoms with van der Waals surface area (Å²) in [6.45, 7) is 0. The predicted octanol–water partition coefficient (Wildman–Crippen LogP) is 3.04. The number of hydrogen-bond acceptors (Lipinski definition) is 4. The highest BCUT2D eigenvalue weighted by molar-refractivity contribution is 7.99. The molecule has 0 radical (unpaired) electrons. The molecule has 106 valence electrons. The summed E-state index contributed by atoms with van der Waals surface area (Å²) in [4.78, 5) is 4.56. The second-order valence-corrected chi connectivity index (χ2v) is 5.75. The van der Waals surface area contributed by atoms with E-state index in [4.69, 9.17) is 17.4 Å². The molecule has 0 amide bonds. The van der Waals surface area contributed by atoms with Crippen LogP contribution in [-0.4, -0.2) is 16.8 Å². The Balaban J connectivity index is 1.96. The summed E-state index contributed by atoms with van der Waals surface area (Å²) in [7, 11) is 0. The molecule has 3 N–H and O–H groups in total. The first-order chi connectivity index (χ1) is 9.70. The lowest BCUT2D eigenvalue weighted by Gasteiger charge is -2.16. The van der Waals surface area contributed by atoms with E-state index in [1.165, 1.54) is 17.8 Å². The number of nitrogens with two attached hydrogens (primary N) is 1. The number of halogens is 2. The number of nitrogens with zero attached hydrogens (tertiary/aromatic N) is 1. The van der Waals surface area contributed by atoms with Crippen molar-refractivity contribution >= 4 is 23.4 Å². The third-order valence-corrected chi connectivity index (χ3v) is 4.39. The molecule has 1 aromatic carbocycles. The van der Waals surface area contributed by atoms with Gasteiger partial charge < -0.3 is 0 Å². The Bertz CT molecular complexity index is 568. The molecule has 0 aliphatic carbocycles. The smallest absolute Gasteiger partial charge is 0.136 e. The molecule has 0 saturated heterocycles. The topological polar surface area (TPSA) is 50.9 Å². The summed E-state index contributed by atoms with van der Waals surface area (Å²) < 4.78 is 13.5. The molecule has 0 aliphatic rings. The van der Waals surface area contributed by atoms with Gasteiger partial charge in [-0.25, -0.2) is 4.39 Å². The average molecular weight is 312 g/mol. The molecule has 3 nitrogen and oxygen atoms in total. The van der Waals surface area contributed by atoms with Gasteiger partial charge in [0.25, 0.3) is 0 Å². The van der Waals surface area contributed by atoms with E-state index >= 15 is 0 Å². The molecule has 2 rings (SSSR count). The molecule has 20 heavy (non-hydrogen) atoms. The average Bonchev–Trinajstić information content (AvgIpc) is 2.47. The minimum Gasteiger partial charge on any atom is -0.271 e. The van der Waals surface area contributed by atoms with Crippen molar-refractivity contribution in [2.24, 2.45) is 5.84 Å². The zero-order valence-corrected chi connectivity index (χ0v) is 12.3. The van der Waals surface area contributed by atoms with Crippen LogP contribution in [0.1, 0.15) is 5.56 Å². The number of hydrazine groups is 1. The fraction of sp³-hybridized carbons (Fsp3) is 0.214. The SMILES string of the molecule is NNC(CSc1ccccc1F)Cc1ccncc1Cl. The molecule has 1 unspecified atom stereocenters. The largest absolute Gasteiger partial charge is 0.271 e. The van der Waals surface area contributed by atoms with E-state index in [1.54, 1.807) is 24.5 Å². The first-order valence-electron chi connectivity index (χ1n) is 6.12. The number of thioether (sulfide) groups is 1. The highest BCUT2D eigenvalue weighted by Gasteiger charge is 2.12. The lowest BCUT2D eigenvalue weighted by Crippen LogP contribution is -2.38. The van der Waals surface area contributed by atoms with E-state index in [1.807, 2.05) is 12.1 Å². The van der Waals surface area contributed by atoms with Gasteiger partial charge in [-0.1, -0.05) is 23.7 Å². The summed E-state index contributed by atoms with van der Waals surface area (Å²) >= 11 is 7.50. The number of rotatable bonds is 6. The Morgan fingerprint density at radius 2 is 2.15 bits per heavy atom. The molecule has 6 heteroatoms. The number of hydrogen-bond donors (Lipinski definition) is 2. The second-order valence-electron chi connectivity index (χ2n) is 4.28. The maximum absolute atomic E-state index is 13.5. The molecule has 0 saturated carbocycles.